The second kappa shape index (κ2) is 6.60. The number of aryl methyl sites for hydroxylation is 1. The molecule has 23 heavy (non-hydrogen) atoms. The number of aromatic nitrogens is 3. The van der Waals surface area contributed by atoms with Crippen molar-refractivity contribution in [2.24, 2.45) is 7.05 Å². The van der Waals surface area contributed by atoms with Gasteiger partial charge in [-0.25, -0.2) is 0 Å². The highest BCUT2D eigenvalue weighted by Gasteiger charge is 2.19. The quantitative estimate of drug-likeness (QED) is 0.935. The van der Waals surface area contributed by atoms with Gasteiger partial charge in [0.15, 0.2) is 5.82 Å². The van der Waals surface area contributed by atoms with Gasteiger partial charge in [-0.3, -0.25) is 14.3 Å². The van der Waals surface area contributed by atoms with Crippen LogP contribution in [0.3, 0.4) is 0 Å². The average Bonchev–Trinajstić information content (AvgIpc) is 3.00. The summed E-state index contributed by atoms with van der Waals surface area (Å²) in [5, 5.41) is 10.2. The van der Waals surface area contributed by atoms with Crippen LogP contribution in [0, 0.1) is 0 Å². The van der Waals surface area contributed by atoms with Gasteiger partial charge in [-0.1, -0.05) is 11.3 Å². The lowest BCUT2D eigenvalue weighted by atomic mass is 10.1. The first-order chi connectivity index (χ1) is 11.1. The number of carbonyl (C=O) groups excluding carboxylic acids is 2. The van der Waals surface area contributed by atoms with Crippen LogP contribution in [0.25, 0.3) is 0 Å². The highest BCUT2D eigenvalue weighted by Crippen LogP contribution is 2.15. The molecule has 3 rings (SSSR count). The number of likely N-dealkylation sites (tertiary alicyclic amines) is 1. The van der Waals surface area contributed by atoms with E-state index >= 15 is 0 Å². The summed E-state index contributed by atoms with van der Waals surface area (Å²) in [6, 6.07) is 6.78. The van der Waals surface area contributed by atoms with Gasteiger partial charge in [0.1, 0.15) is 0 Å². The van der Waals surface area contributed by atoms with Crippen molar-refractivity contribution in [2.75, 3.05) is 18.4 Å². The maximum absolute atomic E-state index is 12.5. The van der Waals surface area contributed by atoms with E-state index in [0.717, 1.165) is 25.9 Å². The van der Waals surface area contributed by atoms with E-state index in [4.69, 9.17) is 0 Å². The average molecular weight is 313 g/mol. The number of piperidine rings is 1. The number of carbonyl (C=O) groups is 2. The summed E-state index contributed by atoms with van der Waals surface area (Å²) in [5.74, 6) is 0.0582. The molecule has 2 aromatic rings. The number of nitrogens with zero attached hydrogens (tertiary/aromatic N) is 4. The van der Waals surface area contributed by atoms with Gasteiger partial charge in [0.05, 0.1) is 6.20 Å². The molecule has 0 aliphatic carbocycles. The Balaban J connectivity index is 1.73. The minimum atomic E-state index is -0.307. The van der Waals surface area contributed by atoms with Crippen LogP contribution in [0.15, 0.2) is 30.5 Å². The lowest BCUT2D eigenvalue weighted by molar-refractivity contribution is 0.0724. The third-order valence-electron chi connectivity index (χ3n) is 3.86. The molecule has 120 valence electrons. The molecular formula is C16H19N5O2. The lowest BCUT2D eigenvalue weighted by Crippen LogP contribution is -2.35. The zero-order chi connectivity index (χ0) is 16.2. The summed E-state index contributed by atoms with van der Waals surface area (Å²) < 4.78 is 1.51. The fourth-order valence-electron chi connectivity index (χ4n) is 2.67. The van der Waals surface area contributed by atoms with Crippen molar-refractivity contribution in [3.8, 4) is 0 Å². The van der Waals surface area contributed by atoms with Crippen LogP contribution in [-0.2, 0) is 7.05 Å². The van der Waals surface area contributed by atoms with Crippen molar-refractivity contribution in [3.63, 3.8) is 0 Å². The molecule has 1 fully saturated rings. The molecule has 1 aromatic heterocycles. The predicted octanol–water partition coefficient (Wildman–Crippen LogP) is 1.69. The Hall–Kier alpha value is -2.70. The number of hydrogen-bond donors (Lipinski definition) is 1. The fourth-order valence-corrected chi connectivity index (χ4v) is 2.67. The standard InChI is InChI=1S/C16H19N5O2/c1-20-11-14(18-19-20)17-15(22)12-6-5-7-13(10-12)16(23)21-8-3-2-4-9-21/h5-7,10-11H,2-4,8-9H2,1H3,(H,17,22). The molecule has 2 amide bonds. The Morgan fingerprint density at radius 1 is 1.13 bits per heavy atom. The topological polar surface area (TPSA) is 80.1 Å². The van der Waals surface area contributed by atoms with Crippen LogP contribution < -0.4 is 5.32 Å². The van der Waals surface area contributed by atoms with Crippen molar-refractivity contribution < 1.29 is 9.59 Å². The Morgan fingerprint density at radius 2 is 1.87 bits per heavy atom. The molecule has 0 radical (unpaired) electrons. The summed E-state index contributed by atoms with van der Waals surface area (Å²) in [7, 11) is 1.72. The number of anilines is 1. The van der Waals surface area contributed by atoms with E-state index in [1.165, 1.54) is 11.1 Å². The SMILES string of the molecule is Cn1cc(NC(=O)c2cccc(C(=O)N3CCCCC3)c2)nn1. The Kier molecular flexibility index (Phi) is 4.36. The molecule has 1 aromatic carbocycles. The fraction of sp³-hybridized carbons (Fsp3) is 0.375. The number of hydrogen-bond acceptors (Lipinski definition) is 4. The van der Waals surface area contributed by atoms with Crippen molar-refractivity contribution in [1.82, 2.24) is 19.9 Å². The molecule has 7 heteroatoms. The highest BCUT2D eigenvalue weighted by molar-refractivity contribution is 6.05. The first-order valence-corrected chi connectivity index (χ1v) is 7.70. The molecule has 0 unspecified atom stereocenters. The Labute approximate surface area is 134 Å². The van der Waals surface area contributed by atoms with Crippen molar-refractivity contribution >= 4 is 17.6 Å². The highest BCUT2D eigenvalue weighted by atomic mass is 16.2. The number of amides is 2. The van der Waals surface area contributed by atoms with Crippen LogP contribution in [0.5, 0.6) is 0 Å². The smallest absolute Gasteiger partial charge is 0.256 e. The van der Waals surface area contributed by atoms with E-state index in [-0.39, 0.29) is 11.8 Å². The van der Waals surface area contributed by atoms with Gasteiger partial charge in [0.25, 0.3) is 11.8 Å². The molecule has 7 nitrogen and oxygen atoms in total. The van der Waals surface area contributed by atoms with Crippen LogP contribution in [0.2, 0.25) is 0 Å². The van der Waals surface area contributed by atoms with Gasteiger partial charge in [0, 0.05) is 31.3 Å². The molecular weight excluding hydrogens is 294 g/mol. The normalized spacial score (nSPS) is 14.6. The van der Waals surface area contributed by atoms with Gasteiger partial charge < -0.3 is 10.2 Å². The summed E-state index contributed by atoms with van der Waals surface area (Å²) in [5.41, 5.74) is 0.970. The van der Waals surface area contributed by atoms with E-state index in [2.05, 4.69) is 15.6 Å². The summed E-state index contributed by atoms with van der Waals surface area (Å²) in [4.78, 5) is 26.6. The molecule has 1 N–H and O–H groups in total. The van der Waals surface area contributed by atoms with E-state index in [1.54, 1.807) is 37.5 Å². The largest absolute Gasteiger partial charge is 0.339 e. The number of nitrogens with one attached hydrogen (secondary N) is 1. The minimum absolute atomic E-state index is 0.0150. The third kappa shape index (κ3) is 3.56. The molecule has 1 aliphatic rings. The van der Waals surface area contributed by atoms with Gasteiger partial charge in [-0.15, -0.1) is 5.10 Å². The second-order valence-electron chi connectivity index (χ2n) is 5.67. The first-order valence-electron chi connectivity index (χ1n) is 7.70. The molecule has 0 bridgehead atoms. The van der Waals surface area contributed by atoms with E-state index < -0.39 is 0 Å². The third-order valence-corrected chi connectivity index (χ3v) is 3.86. The lowest BCUT2D eigenvalue weighted by Gasteiger charge is -2.26. The summed E-state index contributed by atoms with van der Waals surface area (Å²) >= 11 is 0. The molecule has 0 spiro atoms. The molecule has 0 saturated carbocycles. The van der Waals surface area contributed by atoms with Crippen LogP contribution >= 0.6 is 0 Å². The number of rotatable bonds is 3. The van der Waals surface area contributed by atoms with Crippen LogP contribution in [0.4, 0.5) is 5.82 Å². The van der Waals surface area contributed by atoms with Crippen LogP contribution in [-0.4, -0.2) is 44.8 Å². The van der Waals surface area contributed by atoms with E-state index in [0.29, 0.717) is 16.9 Å². The predicted molar refractivity (Wildman–Crippen MR) is 85.2 cm³/mol. The molecule has 2 heterocycles. The summed E-state index contributed by atoms with van der Waals surface area (Å²) in [6.07, 6.45) is 4.86. The Morgan fingerprint density at radius 3 is 2.57 bits per heavy atom. The molecule has 1 saturated heterocycles. The maximum Gasteiger partial charge on any atom is 0.256 e. The molecule has 1 aliphatic heterocycles. The molecule has 0 atom stereocenters. The maximum atomic E-state index is 12.5. The monoisotopic (exact) mass is 313 g/mol. The second-order valence-corrected chi connectivity index (χ2v) is 5.67. The number of benzene rings is 1. The summed E-state index contributed by atoms with van der Waals surface area (Å²) in [6.45, 7) is 1.57. The van der Waals surface area contributed by atoms with Gasteiger partial charge in [-0.2, -0.15) is 0 Å². The van der Waals surface area contributed by atoms with Gasteiger partial charge in [-0.05, 0) is 37.5 Å². The van der Waals surface area contributed by atoms with Crippen LogP contribution in [0.1, 0.15) is 40.0 Å². The first kappa shape index (κ1) is 15.2. The van der Waals surface area contributed by atoms with Crippen molar-refractivity contribution in [3.05, 3.63) is 41.6 Å². The van der Waals surface area contributed by atoms with Crippen molar-refractivity contribution in [1.29, 1.82) is 0 Å². The minimum Gasteiger partial charge on any atom is -0.339 e. The zero-order valence-corrected chi connectivity index (χ0v) is 13.0. The zero-order valence-electron chi connectivity index (χ0n) is 13.0. The Bertz CT molecular complexity index is 719. The van der Waals surface area contributed by atoms with E-state index in [1.807, 2.05) is 4.90 Å². The van der Waals surface area contributed by atoms with Gasteiger partial charge >= 0.3 is 0 Å². The van der Waals surface area contributed by atoms with E-state index in [9.17, 15) is 9.59 Å². The van der Waals surface area contributed by atoms with Crippen molar-refractivity contribution in [2.45, 2.75) is 19.3 Å². The van der Waals surface area contributed by atoms with Gasteiger partial charge in [0.2, 0.25) is 0 Å².